The van der Waals surface area contributed by atoms with Crippen LogP contribution in [-0.2, 0) is 10.5 Å². The number of benzene rings is 1. The minimum Gasteiger partial charge on any atom is -0.389 e. The van der Waals surface area contributed by atoms with E-state index in [1.807, 2.05) is 24.1 Å². The van der Waals surface area contributed by atoms with Gasteiger partial charge in [-0.3, -0.25) is 0 Å². The molecule has 5 nitrogen and oxygen atoms in total. The summed E-state index contributed by atoms with van der Waals surface area (Å²) in [5, 5.41) is 11.2. The van der Waals surface area contributed by atoms with Crippen LogP contribution in [0.3, 0.4) is 0 Å². The van der Waals surface area contributed by atoms with Crippen LogP contribution < -0.4 is 4.90 Å². The predicted molar refractivity (Wildman–Crippen MR) is 122 cm³/mol. The standard InChI is InChI=1S/C20H24BrN3O2S2/c1-12-13(2)28-20-18(12)19(24(3)9-15(25)10-26-4)22-17(23-20)11-27-16-7-5-14(21)6-8-16/h5-8,15,25H,9-11H2,1-4H3. The number of aryl methyl sites for hydroxylation is 2. The summed E-state index contributed by atoms with van der Waals surface area (Å²) in [5.74, 6) is 2.35. The summed E-state index contributed by atoms with van der Waals surface area (Å²) in [6, 6.07) is 8.24. The number of aromatic nitrogens is 2. The Hall–Kier alpha value is -1.19. The summed E-state index contributed by atoms with van der Waals surface area (Å²) in [6.07, 6.45) is -0.569. The van der Waals surface area contributed by atoms with Crippen molar-refractivity contribution in [3.63, 3.8) is 0 Å². The van der Waals surface area contributed by atoms with Gasteiger partial charge < -0.3 is 14.7 Å². The third kappa shape index (κ3) is 5.04. The zero-order valence-electron chi connectivity index (χ0n) is 16.4. The van der Waals surface area contributed by atoms with Crippen LogP contribution in [0.1, 0.15) is 16.3 Å². The number of fused-ring (bicyclic) bond motifs is 1. The van der Waals surface area contributed by atoms with E-state index in [2.05, 4.69) is 41.9 Å². The topological polar surface area (TPSA) is 58.5 Å². The molecule has 1 aromatic carbocycles. The predicted octanol–water partition coefficient (Wildman–Crippen LogP) is 4.81. The number of thiophene rings is 1. The quantitative estimate of drug-likeness (QED) is 0.466. The molecular formula is C20H24BrN3O2S2. The van der Waals surface area contributed by atoms with E-state index in [0.29, 0.717) is 18.9 Å². The molecule has 0 saturated carbocycles. The molecule has 0 aliphatic carbocycles. The van der Waals surface area contributed by atoms with Crippen molar-refractivity contribution in [1.29, 1.82) is 0 Å². The Labute approximate surface area is 182 Å². The molecule has 0 saturated heterocycles. The van der Waals surface area contributed by atoms with Gasteiger partial charge in [-0.25, -0.2) is 9.97 Å². The third-order valence-corrected chi connectivity index (χ3v) is 7.08. The number of aliphatic hydroxyl groups excluding tert-OH is 1. The van der Waals surface area contributed by atoms with Gasteiger partial charge in [-0.1, -0.05) is 15.9 Å². The number of anilines is 1. The van der Waals surface area contributed by atoms with Crippen molar-refractivity contribution in [3.8, 4) is 0 Å². The maximum Gasteiger partial charge on any atom is 0.142 e. The van der Waals surface area contributed by atoms with Crippen LogP contribution in [0.2, 0.25) is 0 Å². The number of ether oxygens (including phenoxy) is 1. The second-order valence-corrected chi connectivity index (χ2v) is 9.83. The van der Waals surface area contributed by atoms with E-state index < -0.39 is 6.10 Å². The molecule has 3 rings (SSSR count). The lowest BCUT2D eigenvalue weighted by Crippen LogP contribution is -2.32. The lowest BCUT2D eigenvalue weighted by atomic mass is 10.2. The fourth-order valence-corrected chi connectivity index (χ4v) is 5.00. The Kier molecular flexibility index (Phi) is 7.33. The molecule has 3 aromatic rings. The van der Waals surface area contributed by atoms with E-state index in [4.69, 9.17) is 14.7 Å². The van der Waals surface area contributed by atoms with Crippen LogP contribution in [-0.4, -0.2) is 48.5 Å². The summed E-state index contributed by atoms with van der Waals surface area (Å²) in [6.45, 7) is 4.97. The molecule has 8 heteroatoms. The molecule has 0 fully saturated rings. The number of rotatable bonds is 8. The van der Waals surface area contributed by atoms with Crippen molar-refractivity contribution in [2.24, 2.45) is 0 Å². The van der Waals surface area contributed by atoms with Crippen molar-refractivity contribution >= 4 is 55.1 Å². The van der Waals surface area contributed by atoms with E-state index in [9.17, 15) is 5.11 Å². The van der Waals surface area contributed by atoms with Crippen molar-refractivity contribution in [2.45, 2.75) is 30.6 Å². The van der Waals surface area contributed by atoms with Crippen LogP contribution in [0.4, 0.5) is 5.82 Å². The van der Waals surface area contributed by atoms with Gasteiger partial charge in [-0.05, 0) is 43.7 Å². The van der Waals surface area contributed by atoms with Gasteiger partial charge in [-0.2, -0.15) is 0 Å². The van der Waals surface area contributed by atoms with Crippen molar-refractivity contribution in [2.75, 3.05) is 32.2 Å². The first-order valence-corrected chi connectivity index (χ1v) is 11.5. The van der Waals surface area contributed by atoms with E-state index in [1.165, 1.54) is 15.3 Å². The molecule has 150 valence electrons. The lowest BCUT2D eigenvalue weighted by Gasteiger charge is -2.23. The molecule has 0 spiro atoms. The first-order valence-electron chi connectivity index (χ1n) is 8.92. The number of halogens is 1. The molecule has 2 heterocycles. The Morgan fingerprint density at radius 1 is 1.25 bits per heavy atom. The molecular weight excluding hydrogens is 458 g/mol. The Morgan fingerprint density at radius 2 is 1.96 bits per heavy atom. The van der Waals surface area contributed by atoms with E-state index in [0.717, 1.165) is 26.3 Å². The number of hydrogen-bond acceptors (Lipinski definition) is 7. The minimum absolute atomic E-state index is 0.298. The Bertz CT molecular complexity index is 947. The van der Waals surface area contributed by atoms with Crippen LogP contribution in [0.15, 0.2) is 33.6 Å². The molecule has 1 atom stereocenters. The zero-order chi connectivity index (χ0) is 20.3. The average molecular weight is 482 g/mol. The molecule has 0 amide bonds. The highest BCUT2D eigenvalue weighted by Crippen LogP contribution is 2.35. The van der Waals surface area contributed by atoms with Crippen molar-refractivity contribution in [3.05, 3.63) is 45.0 Å². The van der Waals surface area contributed by atoms with Crippen molar-refractivity contribution < 1.29 is 9.84 Å². The van der Waals surface area contributed by atoms with Gasteiger partial charge in [0.15, 0.2) is 0 Å². The van der Waals surface area contributed by atoms with Gasteiger partial charge in [0.25, 0.3) is 0 Å². The molecule has 0 bridgehead atoms. The van der Waals surface area contributed by atoms with E-state index in [1.54, 1.807) is 30.2 Å². The highest BCUT2D eigenvalue weighted by molar-refractivity contribution is 9.10. The molecule has 28 heavy (non-hydrogen) atoms. The second-order valence-electron chi connectivity index (χ2n) is 6.66. The normalized spacial score (nSPS) is 12.5. The fourth-order valence-electron chi connectivity index (χ4n) is 2.94. The summed E-state index contributed by atoms with van der Waals surface area (Å²) in [7, 11) is 3.55. The average Bonchev–Trinajstić information content (AvgIpc) is 2.94. The SMILES string of the molecule is COCC(O)CN(C)c1nc(CSc2ccc(Br)cc2)nc2sc(C)c(C)c12. The first kappa shape index (κ1) is 21.5. The lowest BCUT2D eigenvalue weighted by molar-refractivity contribution is 0.0694. The summed E-state index contributed by atoms with van der Waals surface area (Å²) in [4.78, 5) is 15.1. The third-order valence-electron chi connectivity index (χ3n) is 4.44. The van der Waals surface area contributed by atoms with Gasteiger partial charge in [0.1, 0.15) is 16.5 Å². The maximum atomic E-state index is 10.2. The number of hydrogen-bond donors (Lipinski definition) is 1. The maximum absolute atomic E-state index is 10.2. The summed E-state index contributed by atoms with van der Waals surface area (Å²) in [5.41, 5.74) is 1.20. The monoisotopic (exact) mass is 481 g/mol. The largest absolute Gasteiger partial charge is 0.389 e. The second kappa shape index (κ2) is 9.54. The highest BCUT2D eigenvalue weighted by atomic mass is 79.9. The summed E-state index contributed by atoms with van der Waals surface area (Å²) >= 11 is 6.88. The van der Waals surface area contributed by atoms with E-state index in [-0.39, 0.29) is 0 Å². The van der Waals surface area contributed by atoms with Gasteiger partial charge in [0.05, 0.1) is 23.8 Å². The van der Waals surface area contributed by atoms with Crippen LogP contribution in [0.5, 0.6) is 0 Å². The number of likely N-dealkylation sites (N-methyl/N-ethyl adjacent to an activating group) is 1. The molecule has 2 aromatic heterocycles. The minimum atomic E-state index is -0.569. The molecule has 1 N–H and O–H groups in total. The highest BCUT2D eigenvalue weighted by Gasteiger charge is 2.19. The molecule has 0 radical (unpaired) electrons. The number of aliphatic hydroxyl groups is 1. The van der Waals surface area contributed by atoms with Crippen LogP contribution in [0.25, 0.3) is 10.2 Å². The Morgan fingerprint density at radius 3 is 2.64 bits per heavy atom. The van der Waals surface area contributed by atoms with Gasteiger partial charge >= 0.3 is 0 Å². The van der Waals surface area contributed by atoms with Gasteiger partial charge in [-0.15, -0.1) is 23.1 Å². The summed E-state index contributed by atoms with van der Waals surface area (Å²) < 4.78 is 6.13. The van der Waals surface area contributed by atoms with Crippen molar-refractivity contribution in [1.82, 2.24) is 9.97 Å². The fraction of sp³-hybridized carbons (Fsp3) is 0.400. The van der Waals surface area contributed by atoms with Gasteiger partial charge in [0, 0.05) is 34.9 Å². The number of nitrogens with zero attached hydrogens (tertiary/aromatic N) is 3. The number of methoxy groups -OCH3 is 1. The zero-order valence-corrected chi connectivity index (χ0v) is 19.6. The van der Waals surface area contributed by atoms with Gasteiger partial charge in [0.2, 0.25) is 0 Å². The number of thioether (sulfide) groups is 1. The molecule has 1 unspecified atom stereocenters. The Balaban J connectivity index is 1.90. The molecule has 0 aliphatic heterocycles. The van der Waals surface area contributed by atoms with Crippen LogP contribution in [0, 0.1) is 13.8 Å². The molecule has 0 aliphatic rings. The van der Waals surface area contributed by atoms with E-state index >= 15 is 0 Å². The van der Waals surface area contributed by atoms with Crippen LogP contribution >= 0.6 is 39.0 Å². The first-order chi connectivity index (χ1) is 13.4. The smallest absolute Gasteiger partial charge is 0.142 e.